The van der Waals surface area contributed by atoms with E-state index >= 15 is 0 Å². The van der Waals surface area contributed by atoms with Gasteiger partial charge in [-0.1, -0.05) is 30.3 Å². The summed E-state index contributed by atoms with van der Waals surface area (Å²) < 4.78 is 0. The minimum atomic E-state index is -0.0845. The number of anilines is 2. The van der Waals surface area contributed by atoms with E-state index in [2.05, 4.69) is 4.98 Å². The molecule has 0 bridgehead atoms. The topological polar surface area (TPSA) is 56.4 Å². The van der Waals surface area contributed by atoms with Gasteiger partial charge in [-0.3, -0.25) is 9.59 Å². The predicted octanol–water partition coefficient (Wildman–Crippen LogP) is 3.57. The Morgan fingerprint density at radius 3 is 2.44 bits per heavy atom. The molecule has 4 rings (SSSR count). The van der Waals surface area contributed by atoms with Gasteiger partial charge in [0.05, 0.1) is 17.4 Å². The molecule has 3 aromatic rings. The number of fused-ring (bicyclic) bond motifs is 2. The molecule has 2 amide bonds. The fourth-order valence-electron chi connectivity index (χ4n) is 3.58. The van der Waals surface area contributed by atoms with Crippen LogP contribution in [-0.4, -0.2) is 29.4 Å². The van der Waals surface area contributed by atoms with Crippen LogP contribution in [0.5, 0.6) is 0 Å². The molecule has 0 spiro atoms. The zero-order chi connectivity index (χ0) is 17.6. The Bertz CT molecular complexity index is 943. The first-order chi connectivity index (χ1) is 12.1. The second kappa shape index (κ2) is 5.77. The first-order valence-corrected chi connectivity index (χ1v) is 8.34. The van der Waals surface area contributed by atoms with Crippen molar-refractivity contribution in [2.45, 2.75) is 19.9 Å². The molecule has 5 heteroatoms. The normalized spacial score (nSPS) is 16.8. The van der Waals surface area contributed by atoms with Gasteiger partial charge in [-0.2, -0.15) is 0 Å². The zero-order valence-corrected chi connectivity index (χ0v) is 14.2. The summed E-state index contributed by atoms with van der Waals surface area (Å²) in [5.74, 6) is -0.101. The van der Waals surface area contributed by atoms with Crippen LogP contribution in [0, 0.1) is 0 Å². The Labute approximate surface area is 145 Å². The van der Waals surface area contributed by atoms with E-state index in [9.17, 15) is 9.59 Å². The predicted molar refractivity (Wildman–Crippen MR) is 99.0 cm³/mol. The van der Waals surface area contributed by atoms with Gasteiger partial charge in [-0.05, 0) is 31.2 Å². The number of nitrogens with zero attached hydrogens (tertiary/aromatic N) is 2. The lowest BCUT2D eigenvalue weighted by Crippen LogP contribution is -2.51. The number of aromatic amines is 1. The van der Waals surface area contributed by atoms with Crippen molar-refractivity contribution in [3.8, 4) is 0 Å². The summed E-state index contributed by atoms with van der Waals surface area (Å²) in [6, 6.07) is 17.2. The maximum absolute atomic E-state index is 13.1. The molecule has 0 fully saturated rings. The molecule has 0 aliphatic carbocycles. The van der Waals surface area contributed by atoms with Gasteiger partial charge in [0.2, 0.25) is 5.91 Å². The van der Waals surface area contributed by atoms with Crippen molar-refractivity contribution in [2.24, 2.45) is 0 Å². The summed E-state index contributed by atoms with van der Waals surface area (Å²) in [4.78, 5) is 31.9. The zero-order valence-electron chi connectivity index (χ0n) is 14.2. The molecule has 1 atom stereocenters. The number of hydrogen-bond donors (Lipinski definition) is 1. The SMILES string of the molecule is CC(=O)N1c2ccccc2N(C(=O)c2cc3ccccc3[nH]2)C[C@@H]1C. The largest absolute Gasteiger partial charge is 0.351 e. The second-order valence-electron chi connectivity index (χ2n) is 6.41. The van der Waals surface area contributed by atoms with E-state index in [0.29, 0.717) is 12.2 Å². The third-order valence-corrected chi connectivity index (χ3v) is 4.66. The highest BCUT2D eigenvalue weighted by molar-refractivity contribution is 6.11. The Balaban J connectivity index is 1.78. The summed E-state index contributed by atoms with van der Waals surface area (Å²) >= 11 is 0. The van der Waals surface area contributed by atoms with Gasteiger partial charge >= 0.3 is 0 Å². The molecular formula is C20H19N3O2. The summed E-state index contributed by atoms with van der Waals surface area (Å²) in [5.41, 5.74) is 3.03. The van der Waals surface area contributed by atoms with Gasteiger partial charge in [-0.25, -0.2) is 0 Å². The monoisotopic (exact) mass is 333 g/mol. The van der Waals surface area contributed by atoms with Gasteiger partial charge in [0.15, 0.2) is 0 Å². The number of carbonyl (C=O) groups excluding carboxylic acids is 2. The van der Waals surface area contributed by atoms with Gasteiger partial charge in [0.25, 0.3) is 5.91 Å². The molecule has 126 valence electrons. The lowest BCUT2D eigenvalue weighted by Gasteiger charge is -2.40. The third-order valence-electron chi connectivity index (χ3n) is 4.66. The number of H-pyrrole nitrogens is 1. The standard InChI is InChI=1S/C20H19N3O2/c1-13-12-22(18-9-5-6-10-19(18)23(13)14(2)24)20(25)17-11-15-7-3-4-8-16(15)21-17/h3-11,13,21H,12H2,1-2H3/t13-/m0/s1. The van der Waals surface area contributed by atoms with E-state index in [1.807, 2.05) is 61.5 Å². The number of carbonyl (C=O) groups is 2. The van der Waals surface area contributed by atoms with Gasteiger partial charge in [-0.15, -0.1) is 0 Å². The van der Waals surface area contributed by atoms with Crippen molar-refractivity contribution >= 4 is 34.1 Å². The van der Waals surface area contributed by atoms with Crippen LogP contribution in [0.3, 0.4) is 0 Å². The van der Waals surface area contributed by atoms with Gasteiger partial charge in [0, 0.05) is 24.4 Å². The number of nitrogens with one attached hydrogen (secondary N) is 1. The first-order valence-electron chi connectivity index (χ1n) is 8.34. The minimum absolute atomic E-state index is 0.0161. The molecule has 25 heavy (non-hydrogen) atoms. The minimum Gasteiger partial charge on any atom is -0.351 e. The molecule has 0 unspecified atom stereocenters. The molecule has 5 nitrogen and oxygen atoms in total. The van der Waals surface area contributed by atoms with Crippen LogP contribution in [0.1, 0.15) is 24.3 Å². The van der Waals surface area contributed by atoms with E-state index in [0.717, 1.165) is 22.3 Å². The van der Waals surface area contributed by atoms with Crippen LogP contribution in [-0.2, 0) is 4.79 Å². The quantitative estimate of drug-likeness (QED) is 0.740. The van der Waals surface area contributed by atoms with E-state index in [4.69, 9.17) is 0 Å². The Morgan fingerprint density at radius 1 is 1.04 bits per heavy atom. The van der Waals surface area contributed by atoms with Crippen molar-refractivity contribution in [1.29, 1.82) is 0 Å². The maximum atomic E-state index is 13.1. The summed E-state index contributed by atoms with van der Waals surface area (Å²) in [7, 11) is 0. The molecule has 0 saturated heterocycles. The van der Waals surface area contributed by atoms with Gasteiger partial charge in [0.1, 0.15) is 5.69 Å². The van der Waals surface area contributed by atoms with Crippen molar-refractivity contribution in [1.82, 2.24) is 4.98 Å². The van der Waals surface area contributed by atoms with Crippen LogP contribution >= 0.6 is 0 Å². The number of aromatic nitrogens is 1. The molecular weight excluding hydrogens is 314 g/mol. The Morgan fingerprint density at radius 2 is 1.72 bits per heavy atom. The number of benzene rings is 2. The molecule has 2 heterocycles. The van der Waals surface area contributed by atoms with Crippen molar-refractivity contribution in [2.75, 3.05) is 16.3 Å². The summed E-state index contributed by atoms with van der Waals surface area (Å²) in [6.45, 7) is 3.98. The highest BCUT2D eigenvalue weighted by atomic mass is 16.2. The number of hydrogen-bond acceptors (Lipinski definition) is 2. The van der Waals surface area contributed by atoms with Crippen LogP contribution in [0.2, 0.25) is 0 Å². The van der Waals surface area contributed by atoms with Crippen LogP contribution < -0.4 is 9.80 Å². The lowest BCUT2D eigenvalue weighted by molar-refractivity contribution is -0.117. The Hall–Kier alpha value is -3.08. The van der Waals surface area contributed by atoms with Crippen molar-refractivity contribution in [3.05, 3.63) is 60.3 Å². The Kier molecular flexibility index (Phi) is 3.57. The van der Waals surface area contributed by atoms with Crippen LogP contribution in [0.25, 0.3) is 10.9 Å². The van der Waals surface area contributed by atoms with Gasteiger partial charge < -0.3 is 14.8 Å². The van der Waals surface area contributed by atoms with Crippen LogP contribution in [0.4, 0.5) is 11.4 Å². The van der Waals surface area contributed by atoms with E-state index in [1.165, 1.54) is 0 Å². The molecule has 1 aliphatic rings. The molecule has 2 aromatic carbocycles. The smallest absolute Gasteiger partial charge is 0.274 e. The van der Waals surface area contributed by atoms with Crippen molar-refractivity contribution in [3.63, 3.8) is 0 Å². The maximum Gasteiger partial charge on any atom is 0.274 e. The number of amides is 2. The molecule has 1 aliphatic heterocycles. The average Bonchev–Trinajstić information content (AvgIpc) is 3.04. The molecule has 1 aromatic heterocycles. The summed E-state index contributed by atoms with van der Waals surface area (Å²) in [6.07, 6.45) is 0. The summed E-state index contributed by atoms with van der Waals surface area (Å²) in [5, 5.41) is 1.01. The van der Waals surface area contributed by atoms with E-state index in [-0.39, 0.29) is 17.9 Å². The van der Waals surface area contributed by atoms with Crippen molar-refractivity contribution < 1.29 is 9.59 Å². The number of para-hydroxylation sites is 3. The highest BCUT2D eigenvalue weighted by Gasteiger charge is 2.34. The molecule has 1 N–H and O–H groups in total. The van der Waals surface area contributed by atoms with E-state index in [1.54, 1.807) is 16.7 Å². The van der Waals surface area contributed by atoms with E-state index < -0.39 is 0 Å². The highest BCUT2D eigenvalue weighted by Crippen LogP contribution is 2.36. The molecule has 0 saturated carbocycles. The fourth-order valence-corrected chi connectivity index (χ4v) is 3.58. The average molecular weight is 333 g/mol. The number of rotatable bonds is 1. The first kappa shape index (κ1) is 15.4. The lowest BCUT2D eigenvalue weighted by atomic mass is 10.1. The fraction of sp³-hybridized carbons (Fsp3) is 0.200. The second-order valence-corrected chi connectivity index (χ2v) is 6.41. The third kappa shape index (κ3) is 2.48. The van der Waals surface area contributed by atoms with Crippen LogP contribution in [0.15, 0.2) is 54.6 Å². The molecule has 0 radical (unpaired) electrons.